The van der Waals surface area contributed by atoms with Crippen LogP contribution in [0.5, 0.6) is 0 Å². The van der Waals surface area contributed by atoms with Crippen LogP contribution in [0, 0.1) is 13.8 Å². The molecule has 0 N–H and O–H groups in total. The van der Waals surface area contributed by atoms with Gasteiger partial charge in [0.15, 0.2) is 0 Å². The summed E-state index contributed by atoms with van der Waals surface area (Å²) in [6, 6.07) is 6.48. The number of benzene rings is 1. The first-order valence-electron chi connectivity index (χ1n) is 6.11. The third-order valence-corrected chi connectivity index (χ3v) is 2.32. The van der Waals surface area contributed by atoms with Crippen LogP contribution in [0.15, 0.2) is 49.1 Å². The highest BCUT2D eigenvalue weighted by molar-refractivity contribution is 5.73. The average Bonchev–Trinajstić information content (AvgIpc) is 2.30. The zero-order chi connectivity index (χ0) is 13.4. The van der Waals surface area contributed by atoms with Crippen LogP contribution in [0.3, 0.4) is 0 Å². The molecule has 0 fully saturated rings. The van der Waals surface area contributed by atoms with Gasteiger partial charge in [0.25, 0.3) is 0 Å². The van der Waals surface area contributed by atoms with Gasteiger partial charge in [0.2, 0.25) is 0 Å². The minimum Gasteiger partial charge on any atom is -0.0988 e. The molecule has 0 aliphatic rings. The minimum absolute atomic E-state index is 1.04. The van der Waals surface area contributed by atoms with E-state index in [4.69, 9.17) is 0 Å². The normalized spacial score (nSPS) is 10.3. The molecule has 1 aromatic carbocycles. The van der Waals surface area contributed by atoms with Gasteiger partial charge in [-0.05, 0) is 31.9 Å². The Hall–Kier alpha value is -1.56. The van der Waals surface area contributed by atoms with Gasteiger partial charge in [0, 0.05) is 0 Å². The van der Waals surface area contributed by atoms with Crippen molar-refractivity contribution < 1.29 is 0 Å². The van der Waals surface area contributed by atoms with Gasteiger partial charge >= 0.3 is 0 Å². The minimum atomic E-state index is 1.04. The molecule has 0 spiro atoms. The smallest absolute Gasteiger partial charge is 0.0185 e. The van der Waals surface area contributed by atoms with E-state index in [9.17, 15) is 0 Å². The van der Waals surface area contributed by atoms with E-state index in [1.54, 1.807) is 0 Å². The fraction of sp³-hybridized carbons (Fsp3) is 0.294. The molecule has 0 saturated heterocycles. The molecule has 0 heteroatoms. The first-order chi connectivity index (χ1) is 8.02. The summed E-state index contributed by atoms with van der Waals surface area (Å²) in [7, 11) is 0. The van der Waals surface area contributed by atoms with Crippen LogP contribution in [0.2, 0.25) is 0 Å². The lowest BCUT2D eigenvalue weighted by Crippen LogP contribution is -1.85. The van der Waals surface area contributed by atoms with Crippen molar-refractivity contribution >= 4 is 5.57 Å². The Kier molecular flexibility index (Phi) is 6.97. The van der Waals surface area contributed by atoms with Crippen molar-refractivity contribution in [3.8, 4) is 0 Å². The van der Waals surface area contributed by atoms with E-state index in [1.807, 2.05) is 26.8 Å². The predicted molar refractivity (Wildman–Crippen MR) is 80.3 cm³/mol. The third-order valence-electron chi connectivity index (χ3n) is 2.32. The summed E-state index contributed by atoms with van der Waals surface area (Å²) < 4.78 is 0. The van der Waals surface area contributed by atoms with Crippen LogP contribution in [0.25, 0.3) is 5.57 Å². The fourth-order valence-electron chi connectivity index (χ4n) is 1.58. The summed E-state index contributed by atoms with van der Waals surface area (Å²) in [4.78, 5) is 0. The lowest BCUT2D eigenvalue weighted by atomic mass is 10.0. The monoisotopic (exact) mass is 228 g/mol. The zero-order valence-electron chi connectivity index (χ0n) is 11.8. The molecule has 0 aromatic heterocycles. The van der Waals surface area contributed by atoms with Gasteiger partial charge in [-0.2, -0.15) is 0 Å². The Labute approximate surface area is 106 Å². The van der Waals surface area contributed by atoms with E-state index in [-0.39, 0.29) is 0 Å². The summed E-state index contributed by atoms with van der Waals surface area (Å²) in [5, 5.41) is 0. The summed E-state index contributed by atoms with van der Waals surface area (Å²) in [5.74, 6) is 0. The average molecular weight is 228 g/mol. The molecule has 0 nitrogen and oxygen atoms in total. The van der Waals surface area contributed by atoms with Gasteiger partial charge in [-0.25, -0.2) is 0 Å². The summed E-state index contributed by atoms with van der Waals surface area (Å²) in [5.41, 5.74) is 5.92. The van der Waals surface area contributed by atoms with Gasteiger partial charge in [-0.3, -0.25) is 0 Å². The van der Waals surface area contributed by atoms with Gasteiger partial charge in [0.05, 0.1) is 0 Å². The van der Waals surface area contributed by atoms with E-state index in [1.165, 1.54) is 16.7 Å². The van der Waals surface area contributed by atoms with Crippen molar-refractivity contribution in [3.05, 3.63) is 65.8 Å². The Morgan fingerprint density at radius 1 is 1.06 bits per heavy atom. The Bertz CT molecular complexity index is 399. The number of rotatable bonds is 3. The van der Waals surface area contributed by atoms with Gasteiger partial charge in [0.1, 0.15) is 0 Å². The van der Waals surface area contributed by atoms with Crippen LogP contribution >= 0.6 is 0 Å². The van der Waals surface area contributed by atoms with Crippen LogP contribution < -0.4 is 0 Å². The summed E-state index contributed by atoms with van der Waals surface area (Å²) >= 11 is 0. The Morgan fingerprint density at radius 3 is 1.94 bits per heavy atom. The maximum Gasteiger partial charge on any atom is -0.0185 e. The quantitative estimate of drug-likeness (QED) is 0.601. The van der Waals surface area contributed by atoms with Gasteiger partial charge in [-0.1, -0.05) is 74.1 Å². The van der Waals surface area contributed by atoms with Crippen LogP contribution in [-0.4, -0.2) is 0 Å². The largest absolute Gasteiger partial charge is 0.0988 e. The van der Waals surface area contributed by atoms with E-state index in [2.05, 4.69) is 51.3 Å². The highest BCUT2D eigenvalue weighted by Crippen LogP contribution is 2.19. The second kappa shape index (κ2) is 7.67. The van der Waals surface area contributed by atoms with E-state index >= 15 is 0 Å². The molecule has 1 aromatic rings. The number of hydrogen-bond donors (Lipinski definition) is 0. The molecule has 1 rings (SSSR count). The molecule has 0 radical (unpaired) electrons. The van der Waals surface area contributed by atoms with Crippen molar-refractivity contribution in [3.63, 3.8) is 0 Å². The van der Waals surface area contributed by atoms with Gasteiger partial charge < -0.3 is 0 Å². The second-order valence-corrected chi connectivity index (χ2v) is 3.99. The second-order valence-electron chi connectivity index (χ2n) is 3.99. The van der Waals surface area contributed by atoms with Crippen LogP contribution in [0.1, 0.15) is 37.5 Å². The van der Waals surface area contributed by atoms with Crippen molar-refractivity contribution in [1.82, 2.24) is 0 Å². The standard InChI is InChI=1S/C15H18.C2H6/c1-6-11(2)8-14(5)15-9-12(3)7-13(4)10-15;1-2/h6-10H,1,5H2,2-4H3;1-2H3/b11-8-;. The Morgan fingerprint density at radius 2 is 1.53 bits per heavy atom. The topological polar surface area (TPSA) is 0 Å². The van der Waals surface area contributed by atoms with Crippen molar-refractivity contribution in [2.75, 3.05) is 0 Å². The molecule has 0 atom stereocenters. The van der Waals surface area contributed by atoms with E-state index in [0.29, 0.717) is 0 Å². The molecular formula is C17H24. The summed E-state index contributed by atoms with van der Waals surface area (Å²) in [6.45, 7) is 18.0. The molecule has 0 amide bonds. The lowest BCUT2D eigenvalue weighted by Gasteiger charge is -2.05. The fourth-order valence-corrected chi connectivity index (χ4v) is 1.58. The first kappa shape index (κ1) is 15.4. The number of hydrogen-bond acceptors (Lipinski definition) is 0. The molecule has 0 bridgehead atoms. The molecule has 0 aliphatic carbocycles. The molecule has 0 unspecified atom stereocenters. The molecule has 0 saturated carbocycles. The van der Waals surface area contributed by atoms with Crippen LogP contribution in [0.4, 0.5) is 0 Å². The molecule has 92 valence electrons. The number of aryl methyl sites for hydroxylation is 2. The first-order valence-corrected chi connectivity index (χ1v) is 6.11. The van der Waals surface area contributed by atoms with E-state index in [0.717, 1.165) is 11.1 Å². The highest BCUT2D eigenvalue weighted by Gasteiger charge is 1.98. The maximum atomic E-state index is 4.07. The van der Waals surface area contributed by atoms with Crippen molar-refractivity contribution in [2.45, 2.75) is 34.6 Å². The Balaban J connectivity index is 0.00000121. The zero-order valence-corrected chi connectivity index (χ0v) is 11.8. The molecule has 0 aliphatic heterocycles. The number of allylic oxidation sites excluding steroid dienone is 4. The SMILES string of the molecule is C=C/C(C)=C\C(=C)c1cc(C)cc(C)c1.CC. The van der Waals surface area contributed by atoms with Crippen LogP contribution in [-0.2, 0) is 0 Å². The third kappa shape index (κ3) is 5.35. The maximum absolute atomic E-state index is 4.07. The molecule has 17 heavy (non-hydrogen) atoms. The van der Waals surface area contributed by atoms with E-state index < -0.39 is 0 Å². The molecular weight excluding hydrogens is 204 g/mol. The van der Waals surface area contributed by atoms with Crippen molar-refractivity contribution in [2.24, 2.45) is 0 Å². The lowest BCUT2D eigenvalue weighted by molar-refractivity contribution is 1.37. The molecule has 0 heterocycles. The van der Waals surface area contributed by atoms with Gasteiger partial charge in [-0.15, -0.1) is 0 Å². The summed E-state index contributed by atoms with van der Waals surface area (Å²) in [6.07, 6.45) is 3.90. The highest BCUT2D eigenvalue weighted by atomic mass is 14.0. The predicted octanol–water partition coefficient (Wildman–Crippen LogP) is 5.48. The van der Waals surface area contributed by atoms with Crippen molar-refractivity contribution in [1.29, 1.82) is 0 Å².